The van der Waals surface area contributed by atoms with Crippen LogP contribution in [-0.2, 0) is 4.79 Å². The number of nitro groups is 1. The molecule has 7 nitrogen and oxygen atoms in total. The van der Waals surface area contributed by atoms with Crippen molar-refractivity contribution in [2.45, 2.75) is 19.8 Å². The Morgan fingerprint density at radius 1 is 1.30 bits per heavy atom. The molecule has 1 heterocycles. The van der Waals surface area contributed by atoms with E-state index in [0.717, 1.165) is 5.56 Å². The van der Waals surface area contributed by atoms with Gasteiger partial charge in [0.2, 0.25) is 5.91 Å². The molecule has 1 aromatic carbocycles. The Kier molecular flexibility index (Phi) is 5.62. The number of hydrogen-bond acceptors (Lipinski definition) is 5. The van der Waals surface area contributed by atoms with Gasteiger partial charge in [0.25, 0.3) is 0 Å². The Morgan fingerprint density at radius 2 is 2.09 bits per heavy atom. The molecule has 1 amide bonds. The molecule has 0 atom stereocenters. The number of nitrogens with zero attached hydrogens (tertiary/aromatic N) is 2. The summed E-state index contributed by atoms with van der Waals surface area (Å²) in [5, 5.41) is 13.6. The van der Waals surface area contributed by atoms with Crippen LogP contribution in [0, 0.1) is 17.0 Å². The van der Waals surface area contributed by atoms with Crippen LogP contribution in [0.2, 0.25) is 0 Å². The third-order valence-electron chi connectivity index (χ3n) is 3.13. The van der Waals surface area contributed by atoms with Crippen molar-refractivity contribution in [2.75, 3.05) is 11.9 Å². The number of anilines is 1. The van der Waals surface area contributed by atoms with E-state index in [1.807, 2.05) is 13.0 Å². The lowest BCUT2D eigenvalue weighted by Crippen LogP contribution is -2.14. The molecular formula is C16H17N3O4. The van der Waals surface area contributed by atoms with Gasteiger partial charge in [-0.15, -0.1) is 0 Å². The maximum absolute atomic E-state index is 11.8. The smallest absolute Gasteiger partial charge is 0.310 e. The van der Waals surface area contributed by atoms with E-state index in [-0.39, 0.29) is 30.4 Å². The first-order valence-electron chi connectivity index (χ1n) is 7.15. The van der Waals surface area contributed by atoms with Crippen LogP contribution >= 0.6 is 0 Å². The van der Waals surface area contributed by atoms with Crippen LogP contribution in [0.5, 0.6) is 5.75 Å². The SMILES string of the molecule is Cc1cccnc1NC(=O)CCCOc1ccccc1[N+](=O)[O-]. The van der Waals surface area contributed by atoms with Gasteiger partial charge in [-0.3, -0.25) is 14.9 Å². The number of aromatic nitrogens is 1. The highest BCUT2D eigenvalue weighted by Gasteiger charge is 2.13. The van der Waals surface area contributed by atoms with E-state index >= 15 is 0 Å². The highest BCUT2D eigenvalue weighted by Crippen LogP contribution is 2.25. The molecule has 0 aliphatic carbocycles. The zero-order chi connectivity index (χ0) is 16.7. The maximum Gasteiger partial charge on any atom is 0.310 e. The number of ether oxygens (including phenoxy) is 1. The van der Waals surface area contributed by atoms with Crippen LogP contribution in [-0.4, -0.2) is 22.4 Å². The summed E-state index contributed by atoms with van der Waals surface area (Å²) >= 11 is 0. The predicted molar refractivity (Wildman–Crippen MR) is 85.4 cm³/mol. The minimum absolute atomic E-state index is 0.0824. The van der Waals surface area contributed by atoms with Crippen molar-refractivity contribution in [1.82, 2.24) is 4.98 Å². The number of para-hydroxylation sites is 2. The molecular weight excluding hydrogens is 298 g/mol. The fraction of sp³-hybridized carbons (Fsp3) is 0.250. The lowest BCUT2D eigenvalue weighted by atomic mass is 10.2. The molecule has 120 valence electrons. The second-order valence-corrected chi connectivity index (χ2v) is 4.89. The fourth-order valence-electron chi connectivity index (χ4n) is 1.96. The molecule has 0 spiro atoms. The van der Waals surface area contributed by atoms with Crippen LogP contribution < -0.4 is 10.1 Å². The lowest BCUT2D eigenvalue weighted by molar-refractivity contribution is -0.385. The van der Waals surface area contributed by atoms with Gasteiger partial charge in [0.05, 0.1) is 11.5 Å². The monoisotopic (exact) mass is 315 g/mol. The molecule has 7 heteroatoms. The summed E-state index contributed by atoms with van der Waals surface area (Å²) in [6, 6.07) is 9.82. The molecule has 1 aromatic heterocycles. The Morgan fingerprint density at radius 3 is 2.83 bits per heavy atom. The summed E-state index contributed by atoms with van der Waals surface area (Å²) < 4.78 is 5.39. The quantitative estimate of drug-likeness (QED) is 0.481. The van der Waals surface area contributed by atoms with E-state index in [1.165, 1.54) is 12.1 Å². The van der Waals surface area contributed by atoms with E-state index in [1.54, 1.807) is 24.4 Å². The Bertz CT molecular complexity index is 703. The second-order valence-electron chi connectivity index (χ2n) is 4.89. The number of hydrogen-bond donors (Lipinski definition) is 1. The van der Waals surface area contributed by atoms with Gasteiger partial charge in [0.1, 0.15) is 5.82 Å². The van der Waals surface area contributed by atoms with E-state index < -0.39 is 4.92 Å². The van der Waals surface area contributed by atoms with Crippen LogP contribution in [0.3, 0.4) is 0 Å². The number of nitrogens with one attached hydrogen (secondary N) is 1. The van der Waals surface area contributed by atoms with E-state index in [0.29, 0.717) is 12.2 Å². The van der Waals surface area contributed by atoms with Crippen molar-refractivity contribution in [3.8, 4) is 5.75 Å². The van der Waals surface area contributed by atoms with Crippen molar-refractivity contribution < 1.29 is 14.5 Å². The van der Waals surface area contributed by atoms with Crippen LogP contribution in [0.25, 0.3) is 0 Å². The van der Waals surface area contributed by atoms with E-state index in [4.69, 9.17) is 4.74 Å². The van der Waals surface area contributed by atoms with Crippen molar-refractivity contribution in [3.05, 3.63) is 58.3 Å². The fourth-order valence-corrected chi connectivity index (χ4v) is 1.96. The summed E-state index contributed by atoms with van der Waals surface area (Å²) in [5.41, 5.74) is 0.804. The zero-order valence-electron chi connectivity index (χ0n) is 12.7. The molecule has 0 radical (unpaired) electrons. The van der Waals surface area contributed by atoms with Gasteiger partial charge in [-0.25, -0.2) is 4.98 Å². The predicted octanol–water partition coefficient (Wildman–Crippen LogP) is 3.10. The first kappa shape index (κ1) is 16.4. The number of nitro benzene ring substituents is 1. The van der Waals surface area contributed by atoms with Gasteiger partial charge in [-0.2, -0.15) is 0 Å². The van der Waals surface area contributed by atoms with Gasteiger partial charge >= 0.3 is 5.69 Å². The van der Waals surface area contributed by atoms with Crippen molar-refractivity contribution in [3.63, 3.8) is 0 Å². The Hall–Kier alpha value is -2.96. The molecule has 0 aliphatic rings. The Balaban J connectivity index is 1.79. The topological polar surface area (TPSA) is 94.4 Å². The number of carbonyl (C=O) groups is 1. The van der Waals surface area contributed by atoms with Crippen LogP contribution in [0.4, 0.5) is 11.5 Å². The minimum Gasteiger partial charge on any atom is -0.487 e. The molecule has 2 aromatic rings. The summed E-state index contributed by atoms with van der Waals surface area (Å²) in [6.45, 7) is 2.08. The summed E-state index contributed by atoms with van der Waals surface area (Å²) in [4.78, 5) is 26.3. The van der Waals surface area contributed by atoms with Crippen molar-refractivity contribution in [2.24, 2.45) is 0 Å². The number of amides is 1. The van der Waals surface area contributed by atoms with Crippen LogP contribution in [0.15, 0.2) is 42.6 Å². The molecule has 0 fully saturated rings. The average molecular weight is 315 g/mol. The first-order chi connectivity index (χ1) is 11.1. The van der Waals surface area contributed by atoms with E-state index in [2.05, 4.69) is 10.3 Å². The molecule has 2 rings (SSSR count). The normalized spacial score (nSPS) is 10.1. The highest BCUT2D eigenvalue weighted by atomic mass is 16.6. The number of carbonyl (C=O) groups excluding carboxylic acids is 1. The van der Waals surface area contributed by atoms with Crippen molar-refractivity contribution >= 4 is 17.4 Å². The van der Waals surface area contributed by atoms with Crippen LogP contribution in [0.1, 0.15) is 18.4 Å². The van der Waals surface area contributed by atoms with Gasteiger partial charge in [-0.05, 0) is 31.0 Å². The summed E-state index contributed by atoms with van der Waals surface area (Å²) in [6.07, 6.45) is 2.31. The third-order valence-corrected chi connectivity index (χ3v) is 3.13. The number of rotatable bonds is 7. The average Bonchev–Trinajstić information content (AvgIpc) is 2.54. The third kappa shape index (κ3) is 4.77. The number of benzene rings is 1. The standard InChI is InChI=1S/C16H17N3O4/c1-12-6-4-10-17-16(12)18-15(20)9-5-11-23-14-8-3-2-7-13(14)19(21)22/h2-4,6-8,10H,5,9,11H2,1H3,(H,17,18,20). The minimum atomic E-state index is -0.494. The molecule has 0 bridgehead atoms. The van der Waals surface area contributed by atoms with Gasteiger partial charge in [0.15, 0.2) is 5.75 Å². The van der Waals surface area contributed by atoms with Gasteiger partial charge in [0, 0.05) is 18.7 Å². The van der Waals surface area contributed by atoms with E-state index in [9.17, 15) is 14.9 Å². The first-order valence-corrected chi connectivity index (χ1v) is 7.15. The largest absolute Gasteiger partial charge is 0.487 e. The lowest BCUT2D eigenvalue weighted by Gasteiger charge is -2.08. The number of aryl methyl sites for hydroxylation is 1. The number of pyridine rings is 1. The molecule has 1 N–H and O–H groups in total. The molecule has 0 aliphatic heterocycles. The molecule has 0 unspecified atom stereocenters. The van der Waals surface area contributed by atoms with Crippen molar-refractivity contribution in [1.29, 1.82) is 0 Å². The van der Waals surface area contributed by atoms with Gasteiger partial charge in [-0.1, -0.05) is 18.2 Å². The molecule has 0 saturated carbocycles. The second kappa shape index (κ2) is 7.88. The van der Waals surface area contributed by atoms with Gasteiger partial charge < -0.3 is 10.1 Å². The Labute approximate surface area is 133 Å². The maximum atomic E-state index is 11.8. The summed E-state index contributed by atoms with van der Waals surface area (Å²) in [7, 11) is 0. The molecule has 23 heavy (non-hydrogen) atoms. The molecule has 0 saturated heterocycles. The summed E-state index contributed by atoms with van der Waals surface area (Å²) in [5.74, 6) is 0.577. The zero-order valence-corrected chi connectivity index (χ0v) is 12.7. The highest BCUT2D eigenvalue weighted by molar-refractivity contribution is 5.90.